The molecule has 0 bridgehead atoms. The molecular weight excluding hydrogens is 335 g/mol. The molecule has 1 aromatic heterocycles. The molecule has 1 aromatic carbocycles. The van der Waals surface area contributed by atoms with Crippen molar-refractivity contribution in [2.45, 2.75) is 13.0 Å². The summed E-state index contributed by atoms with van der Waals surface area (Å²) in [6, 6.07) is 1.17. The Kier molecular flexibility index (Phi) is 3.79. The highest BCUT2D eigenvalue weighted by molar-refractivity contribution is 7.00. The highest BCUT2D eigenvalue weighted by Crippen LogP contribution is 2.37. The van der Waals surface area contributed by atoms with Gasteiger partial charge < -0.3 is 15.8 Å². The van der Waals surface area contributed by atoms with Gasteiger partial charge in [-0.15, -0.1) is 0 Å². The van der Waals surface area contributed by atoms with Gasteiger partial charge in [0.05, 0.1) is 46.1 Å². The molecule has 9 heteroatoms. The minimum atomic E-state index is -0.807. The molecule has 1 aliphatic rings. The van der Waals surface area contributed by atoms with E-state index < -0.39 is 5.41 Å². The monoisotopic (exact) mass is 346 g/mol. The summed E-state index contributed by atoms with van der Waals surface area (Å²) in [4.78, 5) is 12.5. The van der Waals surface area contributed by atoms with E-state index in [4.69, 9.17) is 33.7 Å². The summed E-state index contributed by atoms with van der Waals surface area (Å²) in [7, 11) is 0. The third kappa shape index (κ3) is 2.39. The van der Waals surface area contributed by atoms with Gasteiger partial charge in [0, 0.05) is 6.04 Å². The van der Waals surface area contributed by atoms with Crippen molar-refractivity contribution < 1.29 is 9.53 Å². The normalized spacial score (nSPS) is 25.4. The van der Waals surface area contributed by atoms with E-state index in [-0.39, 0.29) is 18.6 Å². The Balaban J connectivity index is 1.99. The lowest BCUT2D eigenvalue weighted by Crippen LogP contribution is -2.47. The van der Waals surface area contributed by atoms with Gasteiger partial charge in [-0.1, -0.05) is 23.2 Å². The molecule has 3 N–H and O–H groups in total. The van der Waals surface area contributed by atoms with Crippen LogP contribution >= 0.6 is 34.9 Å². The van der Waals surface area contributed by atoms with Crippen LogP contribution in [0.5, 0.6) is 0 Å². The van der Waals surface area contributed by atoms with Gasteiger partial charge in [0.2, 0.25) is 5.91 Å². The molecule has 21 heavy (non-hydrogen) atoms. The molecule has 2 heterocycles. The van der Waals surface area contributed by atoms with Crippen molar-refractivity contribution in [1.82, 2.24) is 8.75 Å². The summed E-state index contributed by atoms with van der Waals surface area (Å²) >= 11 is 13.2. The number of benzene rings is 1. The van der Waals surface area contributed by atoms with Gasteiger partial charge in [0.1, 0.15) is 11.0 Å². The Morgan fingerprint density at radius 1 is 1.48 bits per heavy atom. The number of rotatable bonds is 2. The molecule has 0 spiro atoms. The fraction of sp³-hybridized carbons (Fsp3) is 0.417. The van der Waals surface area contributed by atoms with E-state index in [1.54, 1.807) is 6.92 Å². The first kappa shape index (κ1) is 14.9. The maximum atomic E-state index is 12.5. The number of hydrogen-bond donors (Lipinski definition) is 2. The molecule has 1 saturated heterocycles. The van der Waals surface area contributed by atoms with E-state index >= 15 is 0 Å². The average molecular weight is 347 g/mol. The van der Waals surface area contributed by atoms with E-state index in [0.717, 1.165) is 11.7 Å². The molecule has 1 amide bonds. The molecule has 2 unspecified atom stereocenters. The van der Waals surface area contributed by atoms with Crippen molar-refractivity contribution in [1.29, 1.82) is 0 Å². The number of nitrogens with zero attached hydrogens (tertiary/aromatic N) is 2. The lowest BCUT2D eigenvalue weighted by Gasteiger charge is -2.25. The molecule has 2 aromatic rings. The van der Waals surface area contributed by atoms with Crippen molar-refractivity contribution in [3.05, 3.63) is 16.1 Å². The highest BCUT2D eigenvalue weighted by atomic mass is 35.5. The number of ether oxygens (including phenoxy) is 1. The zero-order valence-corrected chi connectivity index (χ0v) is 13.3. The predicted octanol–water partition coefficient (Wildman–Crippen LogP) is 2.30. The van der Waals surface area contributed by atoms with Crippen LogP contribution in [0.4, 0.5) is 5.69 Å². The molecule has 0 saturated carbocycles. The minimum Gasteiger partial charge on any atom is -0.379 e. The second-order valence-electron chi connectivity index (χ2n) is 5.17. The number of halogens is 2. The molecule has 2 atom stereocenters. The smallest absolute Gasteiger partial charge is 0.234 e. The van der Waals surface area contributed by atoms with Gasteiger partial charge >= 0.3 is 0 Å². The van der Waals surface area contributed by atoms with Crippen LogP contribution in [0.1, 0.15) is 6.92 Å². The number of amides is 1. The van der Waals surface area contributed by atoms with E-state index in [0.29, 0.717) is 33.4 Å². The summed E-state index contributed by atoms with van der Waals surface area (Å²) in [5, 5.41) is 3.50. The quantitative estimate of drug-likeness (QED) is 0.870. The van der Waals surface area contributed by atoms with Crippen LogP contribution < -0.4 is 11.1 Å². The van der Waals surface area contributed by atoms with Crippen LogP contribution in [0.15, 0.2) is 6.07 Å². The summed E-state index contributed by atoms with van der Waals surface area (Å²) in [5.41, 5.74) is 6.53. The van der Waals surface area contributed by atoms with Gasteiger partial charge in [0.15, 0.2) is 0 Å². The molecule has 1 fully saturated rings. The Morgan fingerprint density at radius 2 is 2.19 bits per heavy atom. The van der Waals surface area contributed by atoms with Gasteiger partial charge in [-0.2, -0.15) is 8.75 Å². The van der Waals surface area contributed by atoms with Gasteiger partial charge in [0.25, 0.3) is 0 Å². The first-order chi connectivity index (χ1) is 9.93. The third-order valence-corrected chi connectivity index (χ3v) is 4.83. The first-order valence-electron chi connectivity index (χ1n) is 6.18. The van der Waals surface area contributed by atoms with Gasteiger partial charge in [-0.25, -0.2) is 0 Å². The molecular formula is C12H12Cl2N4O2S. The van der Waals surface area contributed by atoms with Crippen LogP contribution in [-0.4, -0.2) is 33.9 Å². The van der Waals surface area contributed by atoms with Crippen LogP contribution in [-0.2, 0) is 9.53 Å². The number of hydrogen-bond acceptors (Lipinski definition) is 6. The molecule has 1 aliphatic heterocycles. The number of nitrogens with one attached hydrogen (secondary N) is 1. The number of carbonyl (C=O) groups excluding carboxylic acids is 1. The Morgan fingerprint density at radius 3 is 2.86 bits per heavy atom. The SMILES string of the molecule is CC1(C(=O)Nc2c(Cl)cc(Cl)c3nsnc23)COCC1N. The second-order valence-corrected chi connectivity index (χ2v) is 6.51. The highest BCUT2D eigenvalue weighted by Gasteiger charge is 2.44. The van der Waals surface area contributed by atoms with Gasteiger partial charge in [-0.3, -0.25) is 4.79 Å². The predicted molar refractivity (Wildman–Crippen MR) is 83.0 cm³/mol. The van der Waals surface area contributed by atoms with E-state index in [1.165, 1.54) is 6.07 Å². The number of aromatic nitrogens is 2. The molecule has 3 rings (SSSR count). The van der Waals surface area contributed by atoms with Crippen LogP contribution in [0, 0.1) is 5.41 Å². The fourth-order valence-corrected chi connectivity index (χ4v) is 3.33. The molecule has 112 valence electrons. The van der Waals surface area contributed by atoms with Crippen molar-refractivity contribution >= 4 is 57.6 Å². The number of carbonyl (C=O) groups is 1. The number of fused-ring (bicyclic) bond motifs is 1. The zero-order valence-electron chi connectivity index (χ0n) is 11.0. The summed E-state index contributed by atoms with van der Waals surface area (Å²) in [6.07, 6.45) is 0. The first-order valence-corrected chi connectivity index (χ1v) is 7.67. The summed E-state index contributed by atoms with van der Waals surface area (Å²) in [5.74, 6) is -0.258. The van der Waals surface area contributed by atoms with E-state index in [1.807, 2.05) is 0 Å². The van der Waals surface area contributed by atoms with Gasteiger partial charge in [-0.05, 0) is 13.0 Å². The van der Waals surface area contributed by atoms with Crippen molar-refractivity contribution in [2.24, 2.45) is 11.1 Å². The maximum Gasteiger partial charge on any atom is 0.234 e. The Hall–Kier alpha value is -0.990. The second kappa shape index (κ2) is 5.33. The van der Waals surface area contributed by atoms with E-state index in [9.17, 15) is 4.79 Å². The van der Waals surface area contributed by atoms with Crippen LogP contribution in [0.2, 0.25) is 10.0 Å². The third-order valence-electron chi connectivity index (χ3n) is 3.72. The minimum absolute atomic E-state index is 0.258. The van der Waals surface area contributed by atoms with Crippen molar-refractivity contribution in [3.63, 3.8) is 0 Å². The number of nitrogens with two attached hydrogens (primary N) is 1. The standard InChI is InChI=1S/C12H12Cl2N4O2S/c1-12(4-20-3-7(12)15)11(19)16-8-5(13)2-6(14)9-10(8)18-21-17-9/h2,7H,3-4,15H2,1H3,(H,16,19). The fourth-order valence-electron chi connectivity index (χ4n) is 2.17. The molecule has 6 nitrogen and oxygen atoms in total. The topological polar surface area (TPSA) is 90.1 Å². The maximum absolute atomic E-state index is 12.5. The van der Waals surface area contributed by atoms with Crippen LogP contribution in [0.25, 0.3) is 11.0 Å². The average Bonchev–Trinajstić information content (AvgIpc) is 3.03. The summed E-state index contributed by atoms with van der Waals surface area (Å²) < 4.78 is 13.5. The molecule has 0 radical (unpaired) electrons. The Labute approximate surface area is 134 Å². The van der Waals surface area contributed by atoms with Crippen molar-refractivity contribution in [3.8, 4) is 0 Å². The van der Waals surface area contributed by atoms with Crippen LogP contribution in [0.3, 0.4) is 0 Å². The number of anilines is 1. The largest absolute Gasteiger partial charge is 0.379 e. The zero-order chi connectivity index (χ0) is 15.2. The lowest BCUT2D eigenvalue weighted by atomic mass is 9.85. The molecule has 0 aliphatic carbocycles. The summed E-state index contributed by atoms with van der Waals surface area (Å²) in [6.45, 7) is 2.38. The van der Waals surface area contributed by atoms with E-state index in [2.05, 4.69) is 14.1 Å². The Bertz CT molecular complexity index is 723. The lowest BCUT2D eigenvalue weighted by molar-refractivity contribution is -0.125. The van der Waals surface area contributed by atoms with Crippen molar-refractivity contribution in [2.75, 3.05) is 18.5 Å².